The highest BCUT2D eigenvalue weighted by atomic mass is 32.1. The molecule has 5 rings (SSSR count). The van der Waals surface area contributed by atoms with Crippen LogP contribution >= 0.6 is 11.3 Å². The molecule has 0 atom stereocenters. The molecule has 0 aliphatic carbocycles. The maximum Gasteiger partial charge on any atom is 0.263 e. The maximum absolute atomic E-state index is 12.6. The minimum atomic E-state index is -0.0203. The largest absolute Gasteiger partial charge is 0.368 e. The van der Waals surface area contributed by atoms with E-state index in [-0.39, 0.29) is 17.7 Å². The van der Waals surface area contributed by atoms with E-state index in [0.717, 1.165) is 42.2 Å². The highest BCUT2D eigenvalue weighted by Crippen LogP contribution is 2.30. The first-order chi connectivity index (χ1) is 15.7. The van der Waals surface area contributed by atoms with Crippen LogP contribution in [0.15, 0.2) is 60.2 Å². The van der Waals surface area contributed by atoms with E-state index in [1.165, 1.54) is 16.9 Å². The summed E-state index contributed by atoms with van der Waals surface area (Å²) >= 11 is 1.50. The van der Waals surface area contributed by atoms with Crippen LogP contribution in [0.3, 0.4) is 0 Å². The van der Waals surface area contributed by atoms with Gasteiger partial charge in [-0.3, -0.25) is 9.59 Å². The van der Waals surface area contributed by atoms with E-state index in [4.69, 9.17) is 0 Å². The summed E-state index contributed by atoms with van der Waals surface area (Å²) in [5.41, 5.74) is 3.09. The number of hydrogen-bond donors (Lipinski definition) is 1. The standard InChI is InChI=1S/C24H25N5O2S/c30-23(19-15-29(16-19)21-7-10-25-26-14-21)27-20-5-3-17(4-6-20)18-8-11-28(12-9-18)24(31)22-2-1-13-32-22/h1-7,10,13-14,18-19H,8-9,11-12,15-16H2,(H,27,30). The second kappa shape index (κ2) is 9.08. The summed E-state index contributed by atoms with van der Waals surface area (Å²) in [6, 6.07) is 13.9. The Labute approximate surface area is 191 Å². The number of nitrogens with zero attached hydrogens (tertiary/aromatic N) is 4. The summed E-state index contributed by atoms with van der Waals surface area (Å²) < 4.78 is 0. The van der Waals surface area contributed by atoms with Gasteiger partial charge in [-0.15, -0.1) is 11.3 Å². The zero-order valence-corrected chi connectivity index (χ0v) is 18.5. The SMILES string of the molecule is O=C(Nc1ccc(C2CCN(C(=O)c3cccs3)CC2)cc1)C1CN(c2ccnnc2)C1. The summed E-state index contributed by atoms with van der Waals surface area (Å²) in [6.45, 7) is 2.95. The Morgan fingerprint density at radius 1 is 1.00 bits per heavy atom. The van der Waals surface area contributed by atoms with Crippen LogP contribution in [0.2, 0.25) is 0 Å². The molecule has 0 unspecified atom stereocenters. The van der Waals surface area contributed by atoms with Crippen molar-refractivity contribution in [2.45, 2.75) is 18.8 Å². The van der Waals surface area contributed by atoms with E-state index in [1.807, 2.05) is 40.6 Å². The Kier molecular flexibility index (Phi) is 5.85. The summed E-state index contributed by atoms with van der Waals surface area (Å²) in [5.74, 6) is 0.622. The topological polar surface area (TPSA) is 78.4 Å². The first kappa shape index (κ1) is 20.6. The number of thiophene rings is 1. The van der Waals surface area contributed by atoms with Gasteiger partial charge in [0.1, 0.15) is 0 Å². The molecule has 32 heavy (non-hydrogen) atoms. The minimum Gasteiger partial charge on any atom is -0.368 e. The Balaban J connectivity index is 1.10. The van der Waals surface area contributed by atoms with Crippen LogP contribution in [0.1, 0.15) is 34.0 Å². The predicted molar refractivity (Wildman–Crippen MR) is 125 cm³/mol. The number of aromatic nitrogens is 2. The quantitative estimate of drug-likeness (QED) is 0.646. The molecule has 1 N–H and O–H groups in total. The Hall–Kier alpha value is -3.26. The summed E-state index contributed by atoms with van der Waals surface area (Å²) in [7, 11) is 0. The van der Waals surface area contributed by atoms with E-state index in [1.54, 1.807) is 12.4 Å². The Morgan fingerprint density at radius 2 is 1.78 bits per heavy atom. The number of benzene rings is 1. The fourth-order valence-electron chi connectivity index (χ4n) is 4.38. The first-order valence-electron chi connectivity index (χ1n) is 10.9. The number of likely N-dealkylation sites (tertiary alicyclic amines) is 1. The number of carbonyl (C=O) groups is 2. The van der Waals surface area contributed by atoms with E-state index in [2.05, 4.69) is 32.5 Å². The predicted octanol–water partition coefficient (Wildman–Crippen LogP) is 3.63. The summed E-state index contributed by atoms with van der Waals surface area (Å²) in [4.78, 5) is 30.0. The van der Waals surface area contributed by atoms with Crippen LogP contribution in [0.5, 0.6) is 0 Å². The molecule has 0 radical (unpaired) electrons. The van der Waals surface area contributed by atoms with Crippen molar-refractivity contribution >= 4 is 34.5 Å². The van der Waals surface area contributed by atoms with Crippen LogP contribution in [0.25, 0.3) is 0 Å². The molecule has 2 amide bonds. The van der Waals surface area contributed by atoms with Crippen molar-refractivity contribution in [3.05, 3.63) is 70.7 Å². The van der Waals surface area contributed by atoms with E-state index < -0.39 is 0 Å². The summed E-state index contributed by atoms with van der Waals surface area (Å²) in [5, 5.41) is 12.7. The average molecular weight is 448 g/mol. The number of piperidine rings is 1. The molecule has 4 heterocycles. The van der Waals surface area contributed by atoms with Crippen molar-refractivity contribution in [2.24, 2.45) is 5.92 Å². The molecule has 164 valence electrons. The monoisotopic (exact) mass is 447 g/mol. The van der Waals surface area contributed by atoms with Gasteiger partial charge in [0.05, 0.1) is 28.9 Å². The molecule has 0 saturated carbocycles. The number of hydrogen-bond acceptors (Lipinski definition) is 6. The molecular formula is C24H25N5O2S. The third-order valence-corrected chi connectivity index (χ3v) is 7.21. The zero-order valence-electron chi connectivity index (χ0n) is 17.7. The fourth-order valence-corrected chi connectivity index (χ4v) is 5.07. The Morgan fingerprint density at radius 3 is 2.44 bits per heavy atom. The second-order valence-corrected chi connectivity index (χ2v) is 9.31. The lowest BCUT2D eigenvalue weighted by Crippen LogP contribution is -2.52. The van der Waals surface area contributed by atoms with Crippen LogP contribution in [-0.2, 0) is 4.79 Å². The van der Waals surface area contributed by atoms with Gasteiger partial charge in [0.25, 0.3) is 5.91 Å². The van der Waals surface area contributed by atoms with Crippen molar-refractivity contribution in [1.82, 2.24) is 15.1 Å². The second-order valence-electron chi connectivity index (χ2n) is 8.36. The third kappa shape index (κ3) is 4.36. The highest BCUT2D eigenvalue weighted by Gasteiger charge is 2.33. The van der Waals surface area contributed by atoms with Crippen LogP contribution in [-0.4, -0.2) is 53.1 Å². The molecule has 2 aliphatic heterocycles. The molecule has 2 saturated heterocycles. The van der Waals surface area contributed by atoms with Gasteiger partial charge in [-0.05, 0) is 54.0 Å². The van der Waals surface area contributed by atoms with Crippen molar-refractivity contribution in [2.75, 3.05) is 36.4 Å². The van der Waals surface area contributed by atoms with Crippen molar-refractivity contribution in [1.29, 1.82) is 0 Å². The number of nitrogens with one attached hydrogen (secondary N) is 1. The highest BCUT2D eigenvalue weighted by molar-refractivity contribution is 7.12. The van der Waals surface area contributed by atoms with Crippen LogP contribution in [0, 0.1) is 5.92 Å². The molecule has 0 bridgehead atoms. The van der Waals surface area contributed by atoms with Gasteiger partial charge in [0.2, 0.25) is 5.91 Å². The van der Waals surface area contributed by atoms with Crippen molar-refractivity contribution in [3.63, 3.8) is 0 Å². The molecular weight excluding hydrogens is 422 g/mol. The van der Waals surface area contributed by atoms with Crippen molar-refractivity contribution in [3.8, 4) is 0 Å². The number of carbonyl (C=O) groups excluding carboxylic acids is 2. The Bertz CT molecular complexity index is 1060. The lowest BCUT2D eigenvalue weighted by atomic mass is 9.89. The molecule has 8 heteroatoms. The molecule has 1 aromatic carbocycles. The van der Waals surface area contributed by atoms with E-state index in [9.17, 15) is 9.59 Å². The zero-order chi connectivity index (χ0) is 21.9. The van der Waals surface area contributed by atoms with Gasteiger partial charge >= 0.3 is 0 Å². The average Bonchev–Trinajstić information content (AvgIpc) is 3.34. The third-order valence-electron chi connectivity index (χ3n) is 6.35. The van der Waals surface area contributed by atoms with Crippen molar-refractivity contribution < 1.29 is 9.59 Å². The fraction of sp³-hybridized carbons (Fsp3) is 0.333. The smallest absolute Gasteiger partial charge is 0.263 e. The van der Waals surface area contributed by atoms with Gasteiger partial charge in [-0.25, -0.2) is 0 Å². The van der Waals surface area contributed by atoms with Gasteiger partial charge in [-0.2, -0.15) is 10.2 Å². The molecule has 0 spiro atoms. The van der Waals surface area contributed by atoms with E-state index in [0.29, 0.717) is 19.0 Å². The molecule has 3 aromatic rings. The normalized spacial score (nSPS) is 17.1. The lowest BCUT2D eigenvalue weighted by Gasteiger charge is -2.39. The molecule has 7 nitrogen and oxygen atoms in total. The van der Waals surface area contributed by atoms with Gasteiger partial charge in [0.15, 0.2) is 0 Å². The lowest BCUT2D eigenvalue weighted by molar-refractivity contribution is -0.120. The van der Waals surface area contributed by atoms with E-state index >= 15 is 0 Å². The minimum absolute atomic E-state index is 0.0203. The maximum atomic E-state index is 12.6. The van der Waals surface area contributed by atoms with Crippen LogP contribution in [0.4, 0.5) is 11.4 Å². The van der Waals surface area contributed by atoms with Gasteiger partial charge < -0.3 is 15.1 Å². The molecule has 2 aromatic heterocycles. The molecule has 2 aliphatic rings. The van der Waals surface area contributed by atoms with Gasteiger partial charge in [-0.1, -0.05) is 18.2 Å². The number of rotatable bonds is 5. The molecule has 2 fully saturated rings. The van der Waals surface area contributed by atoms with Gasteiger partial charge in [0, 0.05) is 31.9 Å². The number of amides is 2. The summed E-state index contributed by atoms with van der Waals surface area (Å²) in [6.07, 6.45) is 5.31. The first-order valence-corrected chi connectivity index (χ1v) is 11.8. The van der Waals surface area contributed by atoms with Crippen LogP contribution < -0.4 is 10.2 Å². The number of anilines is 2.